The zero-order valence-electron chi connectivity index (χ0n) is 19.9. The number of hydrogen-bond acceptors (Lipinski definition) is 5. The lowest BCUT2D eigenvalue weighted by molar-refractivity contribution is -0.259. The summed E-state index contributed by atoms with van der Waals surface area (Å²) in [6.45, 7) is 28.6. The Hall–Kier alpha value is 0.668. The van der Waals surface area contributed by atoms with Crippen molar-refractivity contribution in [1.29, 1.82) is 0 Å². The highest BCUT2D eigenvalue weighted by molar-refractivity contribution is 6.71. The zero-order chi connectivity index (χ0) is 21.4. The molecule has 1 aliphatic heterocycles. The molecule has 1 saturated heterocycles. The van der Waals surface area contributed by atoms with Crippen molar-refractivity contribution in [2.45, 2.75) is 116 Å². The Balaban J connectivity index is 3.32. The minimum absolute atomic E-state index is 0.0964. The molecule has 0 saturated carbocycles. The molecule has 1 rings (SSSR count). The second-order valence-corrected chi connectivity index (χ2v) is 29.4. The molecular weight excluding hydrogens is 409 g/mol. The van der Waals surface area contributed by atoms with Crippen molar-refractivity contribution in [3.8, 4) is 0 Å². The molecule has 0 aromatic carbocycles. The molecular formula is C18H44O5Si4. The van der Waals surface area contributed by atoms with Gasteiger partial charge in [-0.25, -0.2) is 0 Å². The molecule has 0 radical (unpaired) electrons. The van der Waals surface area contributed by atoms with E-state index in [1.54, 1.807) is 0 Å². The highest BCUT2D eigenvalue weighted by atomic mass is 28.4. The predicted octanol–water partition coefficient (Wildman–Crippen LogP) is 5.24. The normalized spacial score (nSPS) is 31.2. The molecule has 1 aliphatic rings. The molecule has 27 heavy (non-hydrogen) atoms. The van der Waals surface area contributed by atoms with Gasteiger partial charge in [-0.05, 0) is 85.5 Å². The first-order valence-electron chi connectivity index (χ1n) is 10.1. The van der Waals surface area contributed by atoms with Crippen LogP contribution in [0.5, 0.6) is 0 Å². The van der Waals surface area contributed by atoms with E-state index in [4.69, 9.17) is 22.4 Å². The molecule has 0 amide bonds. The molecule has 162 valence electrons. The van der Waals surface area contributed by atoms with Crippen LogP contribution >= 0.6 is 0 Å². The van der Waals surface area contributed by atoms with Crippen molar-refractivity contribution >= 4 is 33.3 Å². The standard InChI is InChI=1S/C18H44O5Si4/c1-14-15(20-24(2,3)4)16(21-25(5,6)7)17(22-26(8,9)10)18(19-14)23-27(11,12)13/h14-18H,1-13H3/t14-,15+,16+,17-,18+/m0/s1. The quantitative estimate of drug-likeness (QED) is 0.471. The second-order valence-electron chi connectivity index (χ2n) is 11.5. The summed E-state index contributed by atoms with van der Waals surface area (Å²) in [5.41, 5.74) is 0. The number of hydrogen-bond donors (Lipinski definition) is 0. The summed E-state index contributed by atoms with van der Waals surface area (Å²) >= 11 is 0. The molecule has 5 atom stereocenters. The Kier molecular flexibility index (Phi) is 8.38. The molecule has 5 nitrogen and oxygen atoms in total. The van der Waals surface area contributed by atoms with E-state index in [1.807, 2.05) is 0 Å². The maximum Gasteiger partial charge on any atom is 0.187 e. The maximum atomic E-state index is 6.70. The van der Waals surface area contributed by atoms with Crippen LogP contribution in [0, 0.1) is 0 Å². The van der Waals surface area contributed by atoms with E-state index in [0.717, 1.165) is 0 Å². The maximum absolute atomic E-state index is 6.70. The van der Waals surface area contributed by atoms with Gasteiger partial charge in [0.05, 0.1) is 12.2 Å². The fraction of sp³-hybridized carbons (Fsp3) is 1.00. The van der Waals surface area contributed by atoms with Crippen LogP contribution in [0.15, 0.2) is 0 Å². The van der Waals surface area contributed by atoms with Crippen molar-refractivity contribution < 1.29 is 22.4 Å². The lowest BCUT2D eigenvalue weighted by atomic mass is 10.0. The molecule has 0 unspecified atom stereocenters. The summed E-state index contributed by atoms with van der Waals surface area (Å²) in [6.07, 6.45) is -1.05. The first kappa shape index (κ1) is 25.7. The van der Waals surface area contributed by atoms with E-state index < -0.39 is 39.6 Å². The van der Waals surface area contributed by atoms with Gasteiger partial charge in [-0.2, -0.15) is 0 Å². The molecule has 0 N–H and O–H groups in total. The Labute approximate surface area is 172 Å². The lowest BCUT2D eigenvalue weighted by Crippen LogP contribution is -2.65. The third kappa shape index (κ3) is 9.81. The van der Waals surface area contributed by atoms with E-state index in [1.165, 1.54) is 0 Å². The third-order valence-corrected chi connectivity index (χ3v) is 7.54. The second kappa shape index (κ2) is 8.81. The van der Waals surface area contributed by atoms with E-state index >= 15 is 0 Å². The van der Waals surface area contributed by atoms with Gasteiger partial charge in [0.25, 0.3) is 0 Å². The van der Waals surface area contributed by atoms with Gasteiger partial charge in [0.2, 0.25) is 0 Å². The average molecular weight is 453 g/mol. The summed E-state index contributed by atoms with van der Waals surface area (Å²) < 4.78 is 32.7. The Morgan fingerprint density at radius 2 is 0.815 bits per heavy atom. The van der Waals surface area contributed by atoms with Gasteiger partial charge in [-0.1, -0.05) is 0 Å². The van der Waals surface area contributed by atoms with Crippen LogP contribution in [0.25, 0.3) is 0 Å². The van der Waals surface area contributed by atoms with Crippen LogP contribution in [-0.4, -0.2) is 64.0 Å². The smallest absolute Gasteiger partial charge is 0.187 e. The van der Waals surface area contributed by atoms with Crippen LogP contribution in [-0.2, 0) is 22.4 Å². The van der Waals surface area contributed by atoms with Crippen LogP contribution < -0.4 is 0 Å². The largest absolute Gasteiger partial charge is 0.409 e. The zero-order valence-corrected chi connectivity index (χ0v) is 23.9. The highest BCUT2D eigenvalue weighted by Gasteiger charge is 2.51. The predicted molar refractivity (Wildman–Crippen MR) is 123 cm³/mol. The summed E-state index contributed by atoms with van der Waals surface area (Å²) in [6, 6.07) is 0. The van der Waals surface area contributed by atoms with Crippen molar-refractivity contribution in [3.63, 3.8) is 0 Å². The van der Waals surface area contributed by atoms with Gasteiger partial charge in [-0.3, -0.25) is 0 Å². The first-order chi connectivity index (χ1) is 11.8. The molecule has 0 spiro atoms. The number of rotatable bonds is 8. The molecule has 1 fully saturated rings. The monoisotopic (exact) mass is 452 g/mol. The fourth-order valence-electron chi connectivity index (χ4n) is 3.06. The molecule has 0 aromatic heterocycles. The van der Waals surface area contributed by atoms with Gasteiger partial charge in [0.1, 0.15) is 12.2 Å². The van der Waals surface area contributed by atoms with Crippen molar-refractivity contribution in [2.24, 2.45) is 0 Å². The van der Waals surface area contributed by atoms with Gasteiger partial charge < -0.3 is 22.4 Å². The van der Waals surface area contributed by atoms with Crippen molar-refractivity contribution in [2.75, 3.05) is 0 Å². The molecule has 0 aromatic rings. The fourth-order valence-corrected chi connectivity index (χ4v) is 7.24. The Morgan fingerprint density at radius 1 is 0.481 bits per heavy atom. The summed E-state index contributed by atoms with van der Waals surface area (Å²) in [4.78, 5) is 0. The van der Waals surface area contributed by atoms with E-state index in [9.17, 15) is 0 Å². The molecule has 1 heterocycles. The minimum Gasteiger partial charge on any atom is -0.409 e. The molecule has 0 bridgehead atoms. The Morgan fingerprint density at radius 3 is 1.19 bits per heavy atom. The van der Waals surface area contributed by atoms with Crippen LogP contribution in [0.2, 0.25) is 78.6 Å². The first-order valence-corrected chi connectivity index (χ1v) is 23.8. The van der Waals surface area contributed by atoms with Crippen molar-refractivity contribution in [1.82, 2.24) is 0 Å². The summed E-state index contributed by atoms with van der Waals surface area (Å²) in [5, 5.41) is 0. The number of ether oxygens (including phenoxy) is 1. The van der Waals surface area contributed by atoms with E-state index in [0.29, 0.717) is 0 Å². The van der Waals surface area contributed by atoms with Crippen LogP contribution in [0.4, 0.5) is 0 Å². The summed E-state index contributed by atoms with van der Waals surface area (Å²) in [5.74, 6) is 0. The lowest BCUT2D eigenvalue weighted by Gasteiger charge is -2.51. The van der Waals surface area contributed by atoms with E-state index in [2.05, 4.69) is 85.5 Å². The topological polar surface area (TPSA) is 46.2 Å². The van der Waals surface area contributed by atoms with Crippen molar-refractivity contribution in [3.05, 3.63) is 0 Å². The van der Waals surface area contributed by atoms with Gasteiger partial charge in [-0.15, -0.1) is 0 Å². The summed E-state index contributed by atoms with van der Waals surface area (Å²) in [7, 11) is -7.26. The van der Waals surface area contributed by atoms with E-state index in [-0.39, 0.29) is 24.4 Å². The molecule has 0 aliphatic carbocycles. The SMILES string of the molecule is C[C@@H]1O[C@H](O[Si](C)(C)C)[C@@H](O[Si](C)(C)C)[C@H](O[Si](C)(C)C)[C@@H]1O[Si](C)(C)C. The molecule has 9 heteroatoms. The van der Waals surface area contributed by atoms with Gasteiger partial charge >= 0.3 is 0 Å². The van der Waals surface area contributed by atoms with Crippen LogP contribution in [0.1, 0.15) is 6.92 Å². The third-order valence-electron chi connectivity index (χ3n) is 3.67. The average Bonchev–Trinajstić information content (AvgIpc) is 2.32. The minimum atomic E-state index is -1.84. The van der Waals surface area contributed by atoms with Gasteiger partial charge in [0, 0.05) is 0 Å². The highest BCUT2D eigenvalue weighted by Crippen LogP contribution is 2.34. The van der Waals surface area contributed by atoms with Gasteiger partial charge in [0.15, 0.2) is 39.6 Å². The van der Waals surface area contributed by atoms with Crippen LogP contribution in [0.3, 0.4) is 0 Å². The Bertz CT molecular complexity index is 476.